The molecule has 2 amide bonds. The van der Waals surface area contributed by atoms with Crippen molar-refractivity contribution in [3.05, 3.63) is 83.6 Å². The summed E-state index contributed by atoms with van der Waals surface area (Å²) in [5.74, 6) is 0.371. The maximum Gasteiger partial charge on any atom is 0.295 e. The molecule has 1 aromatic heterocycles. The summed E-state index contributed by atoms with van der Waals surface area (Å²) in [7, 11) is -4.37. The number of carbonyl (C=O) groups is 2. The number of quaternary nitrogens is 1. The Balaban J connectivity index is 1.26. The largest absolute Gasteiger partial charge is 0.508 e. The Hall–Kier alpha value is -4.13. The van der Waals surface area contributed by atoms with Gasteiger partial charge in [-0.05, 0) is 49.1 Å². The van der Waals surface area contributed by atoms with Gasteiger partial charge in [-0.15, -0.1) is 0 Å². The first kappa shape index (κ1) is 31.4. The predicted octanol–water partition coefficient (Wildman–Crippen LogP) is 2.69. The van der Waals surface area contributed by atoms with Gasteiger partial charge in [0.1, 0.15) is 10.6 Å². The van der Waals surface area contributed by atoms with Crippen LogP contribution in [0.2, 0.25) is 0 Å². The van der Waals surface area contributed by atoms with Crippen molar-refractivity contribution in [1.82, 2.24) is 15.6 Å². The standard InChI is InChI=1S/C29H35N5O6S/c35-25-15-12-22(13-16-25)8-4-2-1-3-5-11-28(36)30-18-19-31-29(37)24-14-17-27(32-20-24)34-33-21-23-9-6-7-10-26(23)41(38,39)40/h6-7,9-10,12-17,20-21,35H,1-5,8,11,18-19H2,(H,30,36)(H,31,37)(H,32,34)(H,38,39,40)/p+1/b33-21+. The normalized spacial score (nSPS) is 11.4. The van der Waals surface area contributed by atoms with Gasteiger partial charge in [0.25, 0.3) is 21.8 Å². The fourth-order valence-corrected chi connectivity index (χ4v) is 4.68. The molecule has 41 heavy (non-hydrogen) atoms. The molecule has 6 N–H and O–H groups in total. The number of pyridine rings is 1. The third-order valence-corrected chi connectivity index (χ3v) is 7.13. The number of nitrogens with one attached hydrogen (secondary N) is 2. The number of nitrogens with two attached hydrogens (primary N) is 1. The molecule has 11 nitrogen and oxygen atoms in total. The molecule has 0 saturated carbocycles. The lowest BCUT2D eigenvalue weighted by molar-refractivity contribution is -0.580. The van der Waals surface area contributed by atoms with E-state index in [-0.39, 0.29) is 34.6 Å². The summed E-state index contributed by atoms with van der Waals surface area (Å²) in [4.78, 5) is 28.3. The number of hydrogen-bond donors (Lipinski definition) is 5. The van der Waals surface area contributed by atoms with E-state index >= 15 is 0 Å². The highest BCUT2D eigenvalue weighted by molar-refractivity contribution is 7.86. The molecule has 0 atom stereocenters. The number of amides is 2. The number of nitrogens with zero attached hydrogens (tertiary/aromatic N) is 2. The van der Waals surface area contributed by atoms with Crippen molar-refractivity contribution >= 4 is 34.0 Å². The molecule has 3 aromatic rings. The third kappa shape index (κ3) is 11.5. The van der Waals surface area contributed by atoms with Gasteiger partial charge >= 0.3 is 0 Å². The quantitative estimate of drug-likeness (QED) is 0.0567. The maximum absolute atomic E-state index is 12.3. The fraction of sp³-hybridized carbons (Fsp3) is 0.310. The average Bonchev–Trinajstić information content (AvgIpc) is 2.96. The van der Waals surface area contributed by atoms with E-state index in [1.165, 1.54) is 41.6 Å². The molecule has 0 aliphatic heterocycles. The Kier molecular flexibility index (Phi) is 12.4. The van der Waals surface area contributed by atoms with E-state index in [1.807, 2.05) is 12.1 Å². The molecule has 0 bridgehead atoms. The number of carbonyl (C=O) groups excluding carboxylic acids is 2. The number of hydrogen-bond acceptors (Lipinski definition) is 7. The van der Waals surface area contributed by atoms with Crippen LogP contribution >= 0.6 is 0 Å². The second kappa shape index (κ2) is 16.2. The summed E-state index contributed by atoms with van der Waals surface area (Å²) < 4.78 is 32.2. The number of phenolic OH excluding ortho intramolecular Hbond substituents is 1. The van der Waals surface area contributed by atoms with Crippen molar-refractivity contribution in [2.45, 2.75) is 49.8 Å². The van der Waals surface area contributed by atoms with Crippen molar-refractivity contribution < 1.29 is 33.1 Å². The molecular formula is C29H36N5O6S+. The van der Waals surface area contributed by atoms with Gasteiger partial charge in [0, 0.05) is 37.3 Å². The number of aromatic hydroxyl groups is 1. The van der Waals surface area contributed by atoms with Gasteiger partial charge in [0.2, 0.25) is 5.91 Å². The van der Waals surface area contributed by atoms with E-state index < -0.39 is 10.1 Å². The Bertz CT molecular complexity index is 1410. The topological polar surface area (TPSA) is 175 Å². The molecule has 2 aromatic carbocycles. The monoisotopic (exact) mass is 582 g/mol. The molecule has 12 heteroatoms. The summed E-state index contributed by atoms with van der Waals surface area (Å²) in [6.45, 7) is 0.615. The van der Waals surface area contributed by atoms with Crippen LogP contribution in [0.5, 0.6) is 5.75 Å². The second-order valence-corrected chi connectivity index (χ2v) is 10.8. The van der Waals surface area contributed by atoms with Crippen molar-refractivity contribution in [1.29, 1.82) is 0 Å². The van der Waals surface area contributed by atoms with Crippen LogP contribution in [-0.4, -0.2) is 54.2 Å². The van der Waals surface area contributed by atoms with E-state index in [0.717, 1.165) is 38.5 Å². The smallest absolute Gasteiger partial charge is 0.295 e. The van der Waals surface area contributed by atoms with E-state index in [2.05, 4.69) is 20.7 Å². The lowest BCUT2D eigenvalue weighted by atomic mass is 10.0. The first-order valence-corrected chi connectivity index (χ1v) is 14.9. The molecule has 0 aliphatic rings. The highest BCUT2D eigenvalue weighted by Gasteiger charge is 2.13. The van der Waals surface area contributed by atoms with Crippen molar-refractivity contribution in [2.24, 2.45) is 5.10 Å². The molecule has 0 unspecified atom stereocenters. The van der Waals surface area contributed by atoms with Gasteiger partial charge in [-0.2, -0.15) is 13.8 Å². The van der Waals surface area contributed by atoms with Crippen LogP contribution in [0.1, 0.15) is 60.0 Å². The van der Waals surface area contributed by atoms with Gasteiger partial charge in [0.15, 0.2) is 0 Å². The zero-order valence-corrected chi connectivity index (χ0v) is 23.5. The van der Waals surface area contributed by atoms with Gasteiger partial charge in [0.05, 0.1) is 11.8 Å². The molecule has 3 rings (SSSR count). The molecular weight excluding hydrogens is 546 g/mol. The number of rotatable bonds is 16. The van der Waals surface area contributed by atoms with Gasteiger partial charge in [-0.25, -0.2) is 4.98 Å². The Morgan fingerprint density at radius 1 is 0.902 bits per heavy atom. The first-order valence-electron chi connectivity index (χ1n) is 13.4. The van der Waals surface area contributed by atoms with Crippen LogP contribution in [0.15, 0.2) is 76.9 Å². The number of aromatic nitrogens is 1. The number of benzene rings is 2. The van der Waals surface area contributed by atoms with Crippen LogP contribution in [-0.2, 0) is 21.3 Å². The van der Waals surface area contributed by atoms with Crippen LogP contribution in [0.25, 0.3) is 0 Å². The highest BCUT2D eigenvalue weighted by atomic mass is 32.2. The first-order chi connectivity index (χ1) is 19.7. The van der Waals surface area contributed by atoms with Crippen LogP contribution in [0.3, 0.4) is 0 Å². The zero-order chi connectivity index (χ0) is 29.5. The molecule has 0 radical (unpaired) electrons. The molecule has 0 spiro atoms. The molecule has 0 fully saturated rings. The van der Waals surface area contributed by atoms with Gasteiger partial charge in [-0.3, -0.25) is 14.1 Å². The van der Waals surface area contributed by atoms with Crippen molar-refractivity contribution in [3.8, 4) is 5.75 Å². The molecule has 0 saturated heterocycles. The van der Waals surface area contributed by atoms with E-state index in [9.17, 15) is 27.7 Å². The molecule has 1 heterocycles. The summed E-state index contributed by atoms with van der Waals surface area (Å²) in [5, 5.41) is 18.9. The summed E-state index contributed by atoms with van der Waals surface area (Å²) in [6, 6.07) is 16.4. The predicted molar refractivity (Wildman–Crippen MR) is 155 cm³/mol. The number of aryl methyl sites for hydroxylation is 1. The van der Waals surface area contributed by atoms with Crippen LogP contribution < -0.4 is 16.1 Å². The van der Waals surface area contributed by atoms with Crippen LogP contribution in [0, 0.1) is 0 Å². The Labute approximate surface area is 239 Å². The zero-order valence-electron chi connectivity index (χ0n) is 22.7. The minimum atomic E-state index is -4.37. The van der Waals surface area contributed by atoms with Crippen molar-refractivity contribution in [2.75, 3.05) is 13.1 Å². The average molecular weight is 583 g/mol. The maximum atomic E-state index is 12.3. The van der Waals surface area contributed by atoms with Crippen molar-refractivity contribution in [3.63, 3.8) is 0 Å². The van der Waals surface area contributed by atoms with E-state index in [1.54, 1.807) is 30.3 Å². The third-order valence-electron chi connectivity index (χ3n) is 6.20. The minimum Gasteiger partial charge on any atom is -0.508 e. The number of unbranched alkanes of at least 4 members (excludes halogenated alkanes) is 4. The SMILES string of the molecule is O=C(CCCCCCCc1ccc(O)cc1)NCCNC(=O)c1ccc([NH2+]/N=C/c2ccccc2S(=O)(=O)O)nc1. The van der Waals surface area contributed by atoms with Crippen LogP contribution in [0.4, 0.5) is 5.82 Å². The minimum absolute atomic E-state index is 0.0373. The number of phenols is 1. The highest BCUT2D eigenvalue weighted by Crippen LogP contribution is 2.14. The lowest BCUT2D eigenvalue weighted by Crippen LogP contribution is -2.71. The Morgan fingerprint density at radius 2 is 1.61 bits per heavy atom. The molecule has 0 aliphatic carbocycles. The van der Waals surface area contributed by atoms with Gasteiger partial charge in [-0.1, -0.05) is 54.7 Å². The summed E-state index contributed by atoms with van der Waals surface area (Å²) in [5.41, 5.74) is 3.19. The van der Waals surface area contributed by atoms with E-state index in [0.29, 0.717) is 24.3 Å². The molecule has 218 valence electrons. The summed E-state index contributed by atoms with van der Waals surface area (Å²) >= 11 is 0. The second-order valence-electron chi connectivity index (χ2n) is 9.43. The Morgan fingerprint density at radius 3 is 2.34 bits per heavy atom. The van der Waals surface area contributed by atoms with E-state index in [4.69, 9.17) is 0 Å². The summed E-state index contributed by atoms with van der Waals surface area (Å²) in [6.07, 6.45) is 9.19. The van der Waals surface area contributed by atoms with Gasteiger partial charge < -0.3 is 15.7 Å². The lowest BCUT2D eigenvalue weighted by Gasteiger charge is -2.07. The fourth-order valence-electron chi connectivity index (χ4n) is 4.01.